The number of nitrogens with zero attached hydrogens (tertiary/aromatic N) is 2. The molecule has 2 nitrogen and oxygen atoms in total. The van der Waals surface area contributed by atoms with Crippen molar-refractivity contribution in [3.05, 3.63) is 197 Å². The normalized spacial score (nSPS) is 17.6. The molecule has 4 heteroatoms. The molecule has 3 heterocycles. The summed E-state index contributed by atoms with van der Waals surface area (Å²) >= 11 is 3.81. The van der Waals surface area contributed by atoms with Gasteiger partial charge >= 0.3 is 0 Å². The second-order valence-corrected chi connectivity index (χ2v) is 16.5. The van der Waals surface area contributed by atoms with E-state index in [0.29, 0.717) is 16.7 Å². The first-order valence-corrected chi connectivity index (χ1v) is 20.1. The third-order valence-corrected chi connectivity index (χ3v) is 13.3. The van der Waals surface area contributed by atoms with Gasteiger partial charge in [-0.15, -0.1) is 23.1 Å². The van der Waals surface area contributed by atoms with Gasteiger partial charge < -0.3 is 0 Å². The molecular weight excluding hydrogens is 693 g/mol. The molecule has 1 aliphatic carbocycles. The number of nitriles is 1. The Bertz CT molecular complexity index is 2860. The Labute approximate surface area is 323 Å². The highest BCUT2D eigenvalue weighted by Crippen LogP contribution is 2.49. The largest absolute Gasteiger partial charge is 0.248 e. The van der Waals surface area contributed by atoms with Crippen LogP contribution in [-0.2, 0) is 0 Å². The molecule has 54 heavy (non-hydrogen) atoms. The number of thiophene rings is 1. The zero-order valence-electron chi connectivity index (χ0n) is 29.7. The summed E-state index contributed by atoms with van der Waals surface area (Å²) in [5, 5.41) is 13.2. The molecule has 0 radical (unpaired) electrons. The topological polar surface area (TPSA) is 36.1 Å². The molecular formula is C50H34N2S2. The summed E-state index contributed by atoms with van der Waals surface area (Å²) < 4.78 is 2.60. The molecule has 0 amide bonds. The molecule has 7 aromatic rings. The van der Waals surface area contributed by atoms with Gasteiger partial charge in [-0.2, -0.15) is 5.26 Å². The van der Waals surface area contributed by atoms with E-state index in [0.717, 1.165) is 40.1 Å². The van der Waals surface area contributed by atoms with Crippen LogP contribution >= 0.6 is 23.1 Å². The van der Waals surface area contributed by atoms with Crippen molar-refractivity contribution in [2.45, 2.75) is 29.4 Å². The molecule has 0 spiro atoms. The second kappa shape index (κ2) is 13.5. The van der Waals surface area contributed by atoms with Gasteiger partial charge in [0.25, 0.3) is 0 Å². The molecule has 2 aliphatic heterocycles. The fourth-order valence-corrected chi connectivity index (χ4v) is 10.6. The van der Waals surface area contributed by atoms with Crippen LogP contribution in [0.4, 0.5) is 0 Å². The number of hydrogen-bond acceptors (Lipinski definition) is 4. The summed E-state index contributed by atoms with van der Waals surface area (Å²) in [5.41, 5.74) is 13.9. The first kappa shape index (κ1) is 32.6. The van der Waals surface area contributed by atoms with Gasteiger partial charge in [0.15, 0.2) is 0 Å². The van der Waals surface area contributed by atoms with Gasteiger partial charge in [0.2, 0.25) is 0 Å². The quantitative estimate of drug-likeness (QED) is 0.177. The van der Waals surface area contributed by atoms with Gasteiger partial charge in [0.1, 0.15) is 0 Å². The number of thioether (sulfide) groups is 1. The minimum atomic E-state index is 0.383. The lowest BCUT2D eigenvalue weighted by Gasteiger charge is -2.16. The van der Waals surface area contributed by atoms with E-state index in [2.05, 4.69) is 153 Å². The van der Waals surface area contributed by atoms with Crippen molar-refractivity contribution in [1.29, 1.82) is 5.26 Å². The Kier molecular flexibility index (Phi) is 8.13. The molecule has 6 aromatic carbocycles. The summed E-state index contributed by atoms with van der Waals surface area (Å²) in [4.78, 5) is 6.86. The number of aliphatic imine (C=N–C) groups is 1. The maximum Gasteiger partial charge on any atom is 0.0998 e. The summed E-state index contributed by atoms with van der Waals surface area (Å²) in [6.45, 7) is 2.21. The maximum absolute atomic E-state index is 10.2. The average molecular weight is 727 g/mol. The van der Waals surface area contributed by atoms with Crippen molar-refractivity contribution >= 4 is 60.3 Å². The Hall–Kier alpha value is -5.99. The third kappa shape index (κ3) is 5.78. The zero-order chi connectivity index (χ0) is 36.2. The number of hydrogen-bond donors (Lipinski definition) is 0. The molecule has 0 N–H and O–H groups in total. The van der Waals surface area contributed by atoms with E-state index in [4.69, 9.17) is 4.99 Å². The molecule has 0 saturated heterocycles. The number of rotatable bonds is 5. The van der Waals surface area contributed by atoms with E-state index in [-0.39, 0.29) is 0 Å². The zero-order valence-corrected chi connectivity index (χ0v) is 31.3. The molecule has 10 rings (SSSR count). The molecule has 256 valence electrons. The first-order chi connectivity index (χ1) is 26.6. The lowest BCUT2D eigenvalue weighted by atomic mass is 9.88. The third-order valence-electron chi connectivity index (χ3n) is 10.8. The van der Waals surface area contributed by atoms with Crippen LogP contribution in [0.2, 0.25) is 0 Å². The van der Waals surface area contributed by atoms with Gasteiger partial charge in [-0.3, -0.25) is 0 Å². The summed E-state index contributed by atoms with van der Waals surface area (Å²) in [6.07, 6.45) is 12.0. The van der Waals surface area contributed by atoms with E-state index < -0.39 is 0 Å². The standard InChI is InChI=1S/C50H34N2S2/c1-31-23-36(32-11-3-2-4-12-32)29-45(40-14-6-5-13-35(40)30-51)52-50(31)39-25-37(33-19-21-48-43(27-33)41-15-7-9-17-46(41)53-48)24-38(26-39)34-20-22-49-44(28-34)42-16-8-10-18-47(42)54-49/h2-22,24-29,41,46H,23H2,1H3. The van der Waals surface area contributed by atoms with E-state index in [9.17, 15) is 5.26 Å². The highest BCUT2D eigenvalue weighted by Gasteiger charge is 2.31. The number of allylic oxidation sites excluding steroid dienone is 6. The lowest BCUT2D eigenvalue weighted by Crippen LogP contribution is -2.06. The van der Waals surface area contributed by atoms with E-state index in [1.54, 1.807) is 0 Å². The van der Waals surface area contributed by atoms with Gasteiger partial charge in [-0.25, -0.2) is 4.99 Å². The van der Waals surface area contributed by atoms with Gasteiger partial charge in [0, 0.05) is 47.4 Å². The molecule has 2 unspecified atom stereocenters. The lowest BCUT2D eigenvalue weighted by molar-refractivity contribution is 0.881. The Morgan fingerprint density at radius 3 is 2.24 bits per heavy atom. The van der Waals surface area contributed by atoms with Crippen LogP contribution in [0.5, 0.6) is 0 Å². The Balaban J connectivity index is 1.18. The fourth-order valence-electron chi connectivity index (χ4n) is 8.15. The molecule has 0 fully saturated rings. The van der Waals surface area contributed by atoms with Crippen molar-refractivity contribution in [3.63, 3.8) is 0 Å². The Morgan fingerprint density at radius 2 is 1.37 bits per heavy atom. The molecule has 0 saturated carbocycles. The smallest absolute Gasteiger partial charge is 0.0998 e. The Morgan fingerprint density at radius 1 is 0.648 bits per heavy atom. The highest BCUT2D eigenvalue weighted by molar-refractivity contribution is 8.00. The predicted octanol–water partition coefficient (Wildman–Crippen LogP) is 13.7. The monoisotopic (exact) mass is 726 g/mol. The number of benzene rings is 6. The minimum absolute atomic E-state index is 0.383. The van der Waals surface area contributed by atoms with E-state index in [1.807, 2.05) is 47.4 Å². The van der Waals surface area contributed by atoms with E-state index in [1.165, 1.54) is 58.5 Å². The van der Waals surface area contributed by atoms with Crippen molar-refractivity contribution < 1.29 is 0 Å². The van der Waals surface area contributed by atoms with Crippen LogP contribution in [0.3, 0.4) is 0 Å². The fraction of sp³-hybridized carbons (Fsp3) is 0.0800. The summed E-state index contributed by atoms with van der Waals surface area (Å²) in [6, 6.07) is 50.4. The van der Waals surface area contributed by atoms with Crippen molar-refractivity contribution in [3.8, 4) is 28.3 Å². The van der Waals surface area contributed by atoms with Crippen molar-refractivity contribution in [1.82, 2.24) is 0 Å². The predicted molar refractivity (Wildman–Crippen MR) is 230 cm³/mol. The summed E-state index contributed by atoms with van der Waals surface area (Å²) in [7, 11) is 0. The van der Waals surface area contributed by atoms with Crippen LogP contribution < -0.4 is 0 Å². The first-order valence-electron chi connectivity index (χ1n) is 18.4. The van der Waals surface area contributed by atoms with Crippen LogP contribution in [-0.4, -0.2) is 11.0 Å². The van der Waals surface area contributed by atoms with Crippen LogP contribution in [0.25, 0.3) is 53.7 Å². The van der Waals surface area contributed by atoms with Gasteiger partial charge in [-0.1, -0.05) is 103 Å². The van der Waals surface area contributed by atoms with Crippen LogP contribution in [0.1, 0.15) is 47.1 Å². The molecule has 2 atom stereocenters. The second-order valence-electron chi connectivity index (χ2n) is 14.2. The molecule has 3 aliphatic rings. The minimum Gasteiger partial charge on any atom is -0.248 e. The number of fused-ring (bicyclic) bond motifs is 6. The highest BCUT2D eigenvalue weighted by atomic mass is 32.2. The SMILES string of the molecule is CC1=C(c2cc(-c3ccc4c(c3)C3C=CC=CC3S4)cc(-c3ccc4sc5ccccc5c4c3)c2)N=C(c2ccccc2C#N)C=C(c2ccccc2)C1. The average Bonchev–Trinajstić information content (AvgIpc) is 3.73. The van der Waals surface area contributed by atoms with Gasteiger partial charge in [-0.05, 0) is 119 Å². The molecule has 0 bridgehead atoms. The van der Waals surface area contributed by atoms with Crippen molar-refractivity contribution in [2.75, 3.05) is 0 Å². The van der Waals surface area contributed by atoms with Crippen LogP contribution in [0.15, 0.2) is 179 Å². The maximum atomic E-state index is 10.2. The van der Waals surface area contributed by atoms with E-state index >= 15 is 0 Å². The van der Waals surface area contributed by atoms with Crippen LogP contribution in [0, 0.1) is 11.3 Å². The molecule has 1 aromatic heterocycles. The summed E-state index contributed by atoms with van der Waals surface area (Å²) in [5.74, 6) is 0.383. The van der Waals surface area contributed by atoms with Crippen molar-refractivity contribution in [2.24, 2.45) is 4.99 Å². The van der Waals surface area contributed by atoms with Gasteiger partial charge in [0.05, 0.1) is 23.0 Å².